The van der Waals surface area contributed by atoms with E-state index in [0.29, 0.717) is 44.2 Å². The average molecular weight is 492 g/mol. The Hall–Kier alpha value is -3.20. The first-order valence-corrected chi connectivity index (χ1v) is 11.5. The lowest BCUT2D eigenvalue weighted by atomic mass is 9.90. The summed E-state index contributed by atoms with van der Waals surface area (Å²) in [6.07, 6.45) is -1.91. The first-order valence-electron chi connectivity index (χ1n) is 11.5. The zero-order valence-corrected chi connectivity index (χ0v) is 19.7. The van der Waals surface area contributed by atoms with Crippen LogP contribution in [0.25, 0.3) is 6.08 Å². The standard InChI is InChI=1S/C26H28F3NO5/c1-3-33-20-7-5-19(22(11-20)26(27,28)29)15-34-21-6-4-18-10-17(14-35-23(18)12-21)13-30-9-8-25(2,16-30)24(31)32/h4-7,10-12H,3,8-9,13-16H2,1-2H3,(H,31,32). The Morgan fingerprint density at radius 2 is 1.91 bits per heavy atom. The second-order valence-corrected chi connectivity index (χ2v) is 9.16. The fraction of sp³-hybridized carbons (Fsp3) is 0.423. The number of benzene rings is 2. The van der Waals surface area contributed by atoms with Gasteiger partial charge in [0, 0.05) is 30.3 Å². The van der Waals surface area contributed by atoms with Gasteiger partial charge in [-0.05, 0) is 62.7 Å². The number of hydrogen-bond acceptors (Lipinski definition) is 5. The third-order valence-corrected chi connectivity index (χ3v) is 6.35. The molecule has 188 valence electrons. The van der Waals surface area contributed by atoms with E-state index in [1.165, 1.54) is 12.1 Å². The van der Waals surface area contributed by atoms with Crippen LogP contribution in [0, 0.1) is 5.41 Å². The number of rotatable bonds is 8. The van der Waals surface area contributed by atoms with Crippen molar-refractivity contribution in [2.75, 3.05) is 32.8 Å². The van der Waals surface area contributed by atoms with Gasteiger partial charge in [-0.25, -0.2) is 0 Å². The van der Waals surface area contributed by atoms with E-state index >= 15 is 0 Å². The topological polar surface area (TPSA) is 68.2 Å². The highest BCUT2D eigenvalue weighted by Crippen LogP contribution is 2.36. The third-order valence-electron chi connectivity index (χ3n) is 6.35. The molecule has 1 N–H and O–H groups in total. The first kappa shape index (κ1) is 24.9. The van der Waals surface area contributed by atoms with Gasteiger partial charge in [-0.3, -0.25) is 9.69 Å². The second kappa shape index (κ2) is 9.81. The van der Waals surface area contributed by atoms with Crippen LogP contribution in [0.1, 0.15) is 37.0 Å². The number of ether oxygens (including phenoxy) is 3. The number of carboxylic acids is 1. The van der Waals surface area contributed by atoms with Gasteiger partial charge in [-0.2, -0.15) is 13.2 Å². The fourth-order valence-corrected chi connectivity index (χ4v) is 4.39. The van der Waals surface area contributed by atoms with Gasteiger partial charge in [-0.1, -0.05) is 6.07 Å². The van der Waals surface area contributed by atoms with Crippen LogP contribution in [-0.4, -0.2) is 48.8 Å². The zero-order valence-electron chi connectivity index (χ0n) is 19.7. The molecule has 1 fully saturated rings. The van der Waals surface area contributed by atoms with Crippen LogP contribution in [0.2, 0.25) is 0 Å². The summed E-state index contributed by atoms with van der Waals surface area (Å²) in [5, 5.41) is 9.42. The summed E-state index contributed by atoms with van der Waals surface area (Å²) < 4.78 is 57.3. The molecule has 0 bridgehead atoms. The van der Waals surface area contributed by atoms with Crippen molar-refractivity contribution in [3.63, 3.8) is 0 Å². The lowest BCUT2D eigenvalue weighted by molar-refractivity contribution is -0.147. The number of aliphatic carboxylic acids is 1. The van der Waals surface area contributed by atoms with Gasteiger partial charge in [0.15, 0.2) is 0 Å². The molecule has 1 saturated heterocycles. The smallest absolute Gasteiger partial charge is 0.416 e. The molecule has 1 atom stereocenters. The molecular weight excluding hydrogens is 463 g/mol. The van der Waals surface area contributed by atoms with Crippen molar-refractivity contribution in [1.29, 1.82) is 0 Å². The molecule has 2 aliphatic heterocycles. The molecule has 1 unspecified atom stereocenters. The lowest BCUT2D eigenvalue weighted by Gasteiger charge is -2.24. The highest BCUT2D eigenvalue weighted by Gasteiger charge is 2.40. The fourth-order valence-electron chi connectivity index (χ4n) is 4.39. The summed E-state index contributed by atoms with van der Waals surface area (Å²) in [4.78, 5) is 13.6. The van der Waals surface area contributed by atoms with E-state index in [1.54, 1.807) is 32.0 Å². The summed E-state index contributed by atoms with van der Waals surface area (Å²) in [5.74, 6) is 0.374. The number of likely N-dealkylation sites (tertiary alicyclic amines) is 1. The van der Waals surface area contributed by atoms with Crippen molar-refractivity contribution in [3.05, 3.63) is 58.7 Å². The molecule has 0 spiro atoms. The summed E-state index contributed by atoms with van der Waals surface area (Å²) in [6, 6.07) is 9.02. The first-order chi connectivity index (χ1) is 16.6. The summed E-state index contributed by atoms with van der Waals surface area (Å²) in [7, 11) is 0. The van der Waals surface area contributed by atoms with E-state index in [9.17, 15) is 23.1 Å². The summed E-state index contributed by atoms with van der Waals surface area (Å²) in [6.45, 7) is 5.68. The molecule has 0 amide bonds. The number of halogens is 3. The van der Waals surface area contributed by atoms with Crippen LogP contribution in [0.4, 0.5) is 13.2 Å². The molecule has 0 aromatic heterocycles. The number of nitrogens with zero attached hydrogens (tertiary/aromatic N) is 1. The number of fused-ring (bicyclic) bond motifs is 1. The summed E-state index contributed by atoms with van der Waals surface area (Å²) >= 11 is 0. The molecule has 0 aliphatic carbocycles. The Morgan fingerprint density at radius 1 is 1.17 bits per heavy atom. The van der Waals surface area contributed by atoms with E-state index < -0.39 is 23.1 Å². The van der Waals surface area contributed by atoms with Gasteiger partial charge in [0.1, 0.15) is 30.5 Å². The number of carbonyl (C=O) groups is 1. The van der Waals surface area contributed by atoms with Crippen LogP contribution in [0.3, 0.4) is 0 Å². The lowest BCUT2D eigenvalue weighted by Crippen LogP contribution is -2.33. The van der Waals surface area contributed by atoms with Crippen LogP contribution in [0.15, 0.2) is 42.0 Å². The number of alkyl halides is 3. The van der Waals surface area contributed by atoms with E-state index in [4.69, 9.17) is 14.2 Å². The molecule has 4 rings (SSSR count). The zero-order chi connectivity index (χ0) is 25.2. The molecule has 2 heterocycles. The van der Waals surface area contributed by atoms with Gasteiger partial charge < -0.3 is 19.3 Å². The van der Waals surface area contributed by atoms with Gasteiger partial charge in [-0.15, -0.1) is 0 Å². The van der Waals surface area contributed by atoms with Crippen molar-refractivity contribution in [2.24, 2.45) is 5.41 Å². The molecular formula is C26H28F3NO5. The van der Waals surface area contributed by atoms with Gasteiger partial charge in [0.25, 0.3) is 0 Å². The molecule has 6 nitrogen and oxygen atoms in total. The maximum Gasteiger partial charge on any atom is 0.416 e. The van der Waals surface area contributed by atoms with Gasteiger partial charge in [0.05, 0.1) is 17.6 Å². The Bertz CT molecular complexity index is 1130. The largest absolute Gasteiger partial charge is 0.494 e. The highest BCUT2D eigenvalue weighted by atomic mass is 19.4. The number of carboxylic acid groups (broad SMARTS) is 1. The molecule has 9 heteroatoms. The monoisotopic (exact) mass is 491 g/mol. The predicted octanol–water partition coefficient (Wildman–Crippen LogP) is 5.26. The van der Waals surface area contributed by atoms with E-state index in [1.807, 2.05) is 6.08 Å². The molecule has 2 aromatic rings. The van der Waals surface area contributed by atoms with Crippen LogP contribution >= 0.6 is 0 Å². The van der Waals surface area contributed by atoms with Crippen LogP contribution < -0.4 is 14.2 Å². The molecule has 0 radical (unpaired) electrons. The van der Waals surface area contributed by atoms with Crippen molar-refractivity contribution in [2.45, 2.75) is 33.1 Å². The maximum absolute atomic E-state index is 13.5. The van der Waals surface area contributed by atoms with E-state index in [-0.39, 0.29) is 24.5 Å². The number of hydrogen-bond donors (Lipinski definition) is 1. The van der Waals surface area contributed by atoms with E-state index in [0.717, 1.165) is 17.2 Å². The molecule has 2 aromatic carbocycles. The normalized spacial score (nSPS) is 20.1. The highest BCUT2D eigenvalue weighted by molar-refractivity contribution is 5.75. The average Bonchev–Trinajstić information content (AvgIpc) is 3.19. The second-order valence-electron chi connectivity index (χ2n) is 9.16. The Kier molecular flexibility index (Phi) is 6.98. The third kappa shape index (κ3) is 5.73. The van der Waals surface area contributed by atoms with Gasteiger partial charge >= 0.3 is 12.1 Å². The molecule has 35 heavy (non-hydrogen) atoms. The Morgan fingerprint density at radius 3 is 2.60 bits per heavy atom. The summed E-state index contributed by atoms with van der Waals surface area (Å²) in [5.41, 5.74) is 0.378. The maximum atomic E-state index is 13.5. The van der Waals surface area contributed by atoms with Crippen molar-refractivity contribution >= 4 is 12.0 Å². The van der Waals surface area contributed by atoms with Crippen LogP contribution in [0.5, 0.6) is 17.2 Å². The van der Waals surface area contributed by atoms with Crippen molar-refractivity contribution in [3.8, 4) is 17.2 Å². The van der Waals surface area contributed by atoms with Crippen molar-refractivity contribution < 1.29 is 37.3 Å². The van der Waals surface area contributed by atoms with Crippen molar-refractivity contribution in [1.82, 2.24) is 4.90 Å². The SMILES string of the molecule is CCOc1ccc(COc2ccc3c(c2)OCC(CN2CCC(C)(C(=O)O)C2)=C3)c(C(F)(F)F)c1. The predicted molar refractivity (Wildman–Crippen MR) is 124 cm³/mol. The quantitative estimate of drug-likeness (QED) is 0.544. The Labute approximate surface area is 201 Å². The molecule has 0 saturated carbocycles. The minimum Gasteiger partial charge on any atom is -0.494 e. The minimum absolute atomic E-state index is 0.0146. The Balaban J connectivity index is 1.42. The minimum atomic E-state index is -4.52. The molecule has 2 aliphatic rings. The van der Waals surface area contributed by atoms with Gasteiger partial charge in [0.2, 0.25) is 0 Å². The van der Waals surface area contributed by atoms with E-state index in [2.05, 4.69) is 4.90 Å². The van der Waals surface area contributed by atoms with Crippen LogP contribution in [-0.2, 0) is 17.6 Å².